The van der Waals surface area contributed by atoms with Crippen molar-refractivity contribution in [3.05, 3.63) is 45.9 Å². The number of ketones is 1. The first-order valence-electron chi connectivity index (χ1n) is 7.52. The molecule has 0 bridgehead atoms. The van der Waals surface area contributed by atoms with E-state index < -0.39 is 0 Å². The Morgan fingerprint density at radius 2 is 2.09 bits per heavy atom. The lowest BCUT2D eigenvalue weighted by Crippen LogP contribution is -2.45. The number of thiazole rings is 1. The molecule has 1 aromatic carbocycles. The Morgan fingerprint density at radius 3 is 2.78 bits per heavy atom. The summed E-state index contributed by atoms with van der Waals surface area (Å²) < 4.78 is 5.68. The van der Waals surface area contributed by atoms with Crippen molar-refractivity contribution in [2.45, 2.75) is 38.8 Å². The summed E-state index contributed by atoms with van der Waals surface area (Å²) in [5, 5.41) is 5.56. The Kier molecular flexibility index (Phi) is 4.71. The van der Waals surface area contributed by atoms with Gasteiger partial charge in [0.2, 0.25) is 5.91 Å². The first-order valence-corrected chi connectivity index (χ1v) is 8.40. The van der Waals surface area contributed by atoms with Gasteiger partial charge in [-0.1, -0.05) is 17.7 Å². The van der Waals surface area contributed by atoms with Gasteiger partial charge in [0.05, 0.1) is 12.1 Å². The lowest BCUT2D eigenvalue weighted by Gasteiger charge is -2.24. The van der Waals surface area contributed by atoms with E-state index >= 15 is 0 Å². The van der Waals surface area contributed by atoms with E-state index in [-0.39, 0.29) is 24.2 Å². The highest BCUT2D eigenvalue weighted by molar-refractivity contribution is 7.09. The SMILES string of the molecule is Cc1ccc(OCc2nc(CC(=O)NC3CC(=O)C3)cs2)cc1. The van der Waals surface area contributed by atoms with Gasteiger partial charge in [-0.25, -0.2) is 4.98 Å². The van der Waals surface area contributed by atoms with Gasteiger partial charge in [-0.15, -0.1) is 11.3 Å². The minimum absolute atomic E-state index is 0.0120. The molecule has 0 aliphatic heterocycles. The van der Waals surface area contributed by atoms with Gasteiger partial charge in [0.1, 0.15) is 23.1 Å². The fraction of sp³-hybridized carbons (Fsp3) is 0.353. The summed E-state index contributed by atoms with van der Waals surface area (Å²) in [5.41, 5.74) is 1.92. The van der Waals surface area contributed by atoms with Crippen molar-refractivity contribution in [3.63, 3.8) is 0 Å². The molecule has 1 aromatic heterocycles. The summed E-state index contributed by atoms with van der Waals surface area (Å²) in [6.45, 7) is 2.42. The Balaban J connectivity index is 1.46. The molecule has 120 valence electrons. The lowest BCUT2D eigenvalue weighted by atomic mass is 9.91. The fourth-order valence-corrected chi connectivity index (χ4v) is 3.02. The average molecular weight is 330 g/mol. The van der Waals surface area contributed by atoms with Gasteiger partial charge in [0.15, 0.2) is 0 Å². The molecular formula is C17H18N2O3S. The van der Waals surface area contributed by atoms with Crippen molar-refractivity contribution in [2.24, 2.45) is 0 Å². The Labute approximate surface area is 138 Å². The predicted octanol–water partition coefficient (Wildman–Crippen LogP) is 2.42. The van der Waals surface area contributed by atoms with Crippen LogP contribution >= 0.6 is 11.3 Å². The quantitative estimate of drug-likeness (QED) is 0.883. The van der Waals surface area contributed by atoms with Crippen molar-refractivity contribution in [2.75, 3.05) is 0 Å². The smallest absolute Gasteiger partial charge is 0.226 e. The number of carbonyl (C=O) groups excluding carboxylic acids is 2. The minimum atomic E-state index is -0.0844. The van der Waals surface area contributed by atoms with Gasteiger partial charge >= 0.3 is 0 Å². The van der Waals surface area contributed by atoms with Crippen molar-refractivity contribution >= 4 is 23.0 Å². The molecule has 0 unspecified atom stereocenters. The van der Waals surface area contributed by atoms with Crippen LogP contribution in [-0.4, -0.2) is 22.7 Å². The van der Waals surface area contributed by atoms with Crippen LogP contribution in [0.5, 0.6) is 5.75 Å². The van der Waals surface area contributed by atoms with Gasteiger partial charge < -0.3 is 10.1 Å². The first-order chi connectivity index (χ1) is 11.1. The van der Waals surface area contributed by atoms with Crippen LogP contribution in [0.25, 0.3) is 0 Å². The molecule has 2 aromatic rings. The van der Waals surface area contributed by atoms with Gasteiger partial charge in [-0.05, 0) is 19.1 Å². The van der Waals surface area contributed by atoms with E-state index in [0.29, 0.717) is 19.4 Å². The van der Waals surface area contributed by atoms with Crippen LogP contribution in [0.15, 0.2) is 29.6 Å². The molecule has 1 aliphatic carbocycles. The molecule has 0 saturated heterocycles. The maximum absolute atomic E-state index is 11.9. The fourth-order valence-electron chi connectivity index (χ4n) is 2.31. The summed E-state index contributed by atoms with van der Waals surface area (Å²) in [7, 11) is 0. The van der Waals surface area contributed by atoms with Crippen LogP contribution in [0.4, 0.5) is 0 Å². The molecule has 1 fully saturated rings. The Morgan fingerprint density at radius 1 is 1.35 bits per heavy atom. The molecule has 3 rings (SSSR count). The van der Waals surface area contributed by atoms with Gasteiger partial charge in [-0.3, -0.25) is 9.59 Å². The zero-order valence-corrected chi connectivity index (χ0v) is 13.7. The van der Waals surface area contributed by atoms with Gasteiger partial charge in [0.25, 0.3) is 0 Å². The number of ether oxygens (including phenoxy) is 1. The molecule has 6 heteroatoms. The third-order valence-electron chi connectivity index (χ3n) is 3.64. The number of aryl methyl sites for hydroxylation is 1. The van der Waals surface area contributed by atoms with E-state index in [2.05, 4.69) is 10.3 Å². The normalized spacial score (nSPS) is 14.4. The van der Waals surface area contributed by atoms with Crippen LogP contribution < -0.4 is 10.1 Å². The van der Waals surface area contributed by atoms with Crippen LogP contribution in [0.1, 0.15) is 29.1 Å². The summed E-state index contributed by atoms with van der Waals surface area (Å²) in [4.78, 5) is 27.2. The van der Waals surface area contributed by atoms with E-state index in [9.17, 15) is 9.59 Å². The van der Waals surface area contributed by atoms with Crippen LogP contribution in [0, 0.1) is 6.92 Å². The second-order valence-electron chi connectivity index (χ2n) is 5.72. The van der Waals surface area contributed by atoms with E-state index in [0.717, 1.165) is 16.5 Å². The lowest BCUT2D eigenvalue weighted by molar-refractivity contribution is -0.128. The number of nitrogens with one attached hydrogen (secondary N) is 1. The van der Waals surface area contributed by atoms with Gasteiger partial charge in [-0.2, -0.15) is 0 Å². The van der Waals surface area contributed by atoms with Crippen molar-refractivity contribution in [1.82, 2.24) is 10.3 Å². The molecule has 1 heterocycles. The maximum Gasteiger partial charge on any atom is 0.226 e. The van der Waals surface area contributed by atoms with Crippen molar-refractivity contribution in [3.8, 4) is 5.75 Å². The van der Waals surface area contributed by atoms with Gasteiger partial charge in [0, 0.05) is 24.3 Å². The number of aromatic nitrogens is 1. The molecule has 0 spiro atoms. The number of Topliss-reactive ketones (excluding diaryl/α,β-unsaturated/α-hetero) is 1. The largest absolute Gasteiger partial charge is 0.486 e. The Hall–Kier alpha value is -2.21. The summed E-state index contributed by atoms with van der Waals surface area (Å²) in [6, 6.07) is 7.86. The molecule has 5 nitrogen and oxygen atoms in total. The monoisotopic (exact) mass is 330 g/mol. The molecule has 23 heavy (non-hydrogen) atoms. The topological polar surface area (TPSA) is 68.3 Å². The van der Waals surface area contributed by atoms with Crippen molar-refractivity contribution < 1.29 is 14.3 Å². The molecular weight excluding hydrogens is 312 g/mol. The van der Waals surface area contributed by atoms with E-state index in [1.165, 1.54) is 16.9 Å². The third kappa shape index (κ3) is 4.39. The van der Waals surface area contributed by atoms with E-state index in [1.54, 1.807) is 0 Å². The zero-order chi connectivity index (χ0) is 16.2. The number of hydrogen-bond donors (Lipinski definition) is 1. The van der Waals surface area contributed by atoms with E-state index in [4.69, 9.17) is 4.74 Å². The van der Waals surface area contributed by atoms with E-state index in [1.807, 2.05) is 36.6 Å². The maximum atomic E-state index is 11.9. The second-order valence-corrected chi connectivity index (χ2v) is 6.67. The summed E-state index contributed by atoms with van der Waals surface area (Å²) in [5.74, 6) is 0.929. The second kappa shape index (κ2) is 6.91. The standard InChI is InChI=1S/C17H18N2O3S/c1-11-2-4-15(5-3-11)22-9-17-19-13(10-23-17)8-16(21)18-12-6-14(20)7-12/h2-5,10,12H,6-9H2,1H3,(H,18,21). The number of amides is 1. The number of benzene rings is 1. The third-order valence-corrected chi connectivity index (χ3v) is 4.51. The zero-order valence-electron chi connectivity index (χ0n) is 12.9. The highest BCUT2D eigenvalue weighted by Gasteiger charge is 2.27. The highest BCUT2D eigenvalue weighted by atomic mass is 32.1. The predicted molar refractivity (Wildman–Crippen MR) is 87.5 cm³/mol. The average Bonchev–Trinajstić information content (AvgIpc) is 2.92. The first kappa shape index (κ1) is 15.7. The van der Waals surface area contributed by atoms with Crippen LogP contribution in [0.3, 0.4) is 0 Å². The highest BCUT2D eigenvalue weighted by Crippen LogP contribution is 2.17. The van der Waals surface area contributed by atoms with Crippen LogP contribution in [-0.2, 0) is 22.6 Å². The number of nitrogens with zero attached hydrogens (tertiary/aromatic N) is 1. The van der Waals surface area contributed by atoms with Crippen LogP contribution in [0.2, 0.25) is 0 Å². The molecule has 1 N–H and O–H groups in total. The number of carbonyl (C=O) groups is 2. The summed E-state index contributed by atoms with van der Waals surface area (Å²) in [6.07, 6.45) is 1.16. The number of hydrogen-bond acceptors (Lipinski definition) is 5. The van der Waals surface area contributed by atoms with Crippen molar-refractivity contribution in [1.29, 1.82) is 0 Å². The molecule has 1 amide bonds. The Bertz CT molecular complexity index is 701. The molecule has 1 aliphatic rings. The molecule has 0 atom stereocenters. The molecule has 0 radical (unpaired) electrons. The molecule has 1 saturated carbocycles. The number of rotatable bonds is 6. The summed E-state index contributed by atoms with van der Waals surface area (Å²) >= 11 is 1.48. The minimum Gasteiger partial charge on any atom is -0.486 e.